The minimum atomic E-state index is 0.197. The number of rotatable bonds is 6. The van der Waals surface area contributed by atoms with Gasteiger partial charge in [0, 0.05) is 44.3 Å². The first kappa shape index (κ1) is 20.2. The Morgan fingerprint density at radius 3 is 2.56 bits per heavy atom. The third-order valence-corrected chi connectivity index (χ3v) is 6.12. The van der Waals surface area contributed by atoms with Crippen molar-refractivity contribution >= 4 is 5.91 Å². The van der Waals surface area contributed by atoms with Gasteiger partial charge in [0.15, 0.2) is 0 Å². The SMILES string of the molecule is COc1ccc(C)cc1CN1CCN(CC(=O)N[C@@H]2CCCC[C@@H]2C)CC1. The largest absolute Gasteiger partial charge is 0.496 e. The van der Waals surface area contributed by atoms with Crippen molar-refractivity contribution in [2.24, 2.45) is 5.92 Å². The number of nitrogens with zero attached hydrogens (tertiary/aromatic N) is 2. The Kier molecular flexibility index (Phi) is 7.13. The van der Waals surface area contributed by atoms with Gasteiger partial charge in [-0.1, -0.05) is 37.5 Å². The summed E-state index contributed by atoms with van der Waals surface area (Å²) in [6.07, 6.45) is 4.93. The number of benzene rings is 1. The lowest BCUT2D eigenvalue weighted by Gasteiger charge is -2.35. The van der Waals surface area contributed by atoms with Crippen LogP contribution in [-0.4, -0.2) is 61.6 Å². The maximum Gasteiger partial charge on any atom is 0.234 e. The van der Waals surface area contributed by atoms with Crippen LogP contribution in [0.15, 0.2) is 18.2 Å². The fourth-order valence-electron chi connectivity index (χ4n) is 4.36. The second kappa shape index (κ2) is 9.56. The Morgan fingerprint density at radius 2 is 1.85 bits per heavy atom. The zero-order valence-corrected chi connectivity index (χ0v) is 17.2. The van der Waals surface area contributed by atoms with Crippen molar-refractivity contribution in [1.82, 2.24) is 15.1 Å². The normalized spacial score (nSPS) is 24.6. The first-order chi connectivity index (χ1) is 13.0. The van der Waals surface area contributed by atoms with Gasteiger partial charge in [0.1, 0.15) is 5.75 Å². The Hall–Kier alpha value is -1.59. The van der Waals surface area contributed by atoms with E-state index in [-0.39, 0.29) is 5.91 Å². The minimum Gasteiger partial charge on any atom is -0.496 e. The second-order valence-electron chi connectivity index (χ2n) is 8.30. The van der Waals surface area contributed by atoms with Crippen LogP contribution in [0, 0.1) is 12.8 Å². The zero-order chi connectivity index (χ0) is 19.2. The van der Waals surface area contributed by atoms with Crippen molar-refractivity contribution in [3.05, 3.63) is 29.3 Å². The first-order valence-electron chi connectivity index (χ1n) is 10.4. The van der Waals surface area contributed by atoms with Gasteiger partial charge in [0.05, 0.1) is 13.7 Å². The number of hydrogen-bond acceptors (Lipinski definition) is 4. The fraction of sp³-hybridized carbons (Fsp3) is 0.682. The van der Waals surface area contributed by atoms with Crippen molar-refractivity contribution < 1.29 is 9.53 Å². The molecule has 1 aromatic carbocycles. The van der Waals surface area contributed by atoms with Gasteiger partial charge in [-0.05, 0) is 31.7 Å². The van der Waals surface area contributed by atoms with E-state index >= 15 is 0 Å². The number of aryl methyl sites for hydroxylation is 1. The highest BCUT2D eigenvalue weighted by atomic mass is 16.5. The van der Waals surface area contributed by atoms with E-state index in [1.54, 1.807) is 7.11 Å². The van der Waals surface area contributed by atoms with Crippen molar-refractivity contribution in [3.63, 3.8) is 0 Å². The van der Waals surface area contributed by atoms with Crippen LogP contribution in [0.2, 0.25) is 0 Å². The highest BCUT2D eigenvalue weighted by Crippen LogP contribution is 2.24. The first-order valence-corrected chi connectivity index (χ1v) is 10.4. The van der Waals surface area contributed by atoms with Crippen LogP contribution in [0.4, 0.5) is 0 Å². The van der Waals surface area contributed by atoms with E-state index in [4.69, 9.17) is 4.74 Å². The third-order valence-electron chi connectivity index (χ3n) is 6.12. The van der Waals surface area contributed by atoms with Crippen molar-refractivity contribution in [1.29, 1.82) is 0 Å². The molecular weight excluding hydrogens is 338 g/mol. The van der Waals surface area contributed by atoms with E-state index in [2.05, 4.69) is 47.2 Å². The summed E-state index contributed by atoms with van der Waals surface area (Å²) in [4.78, 5) is 17.2. The molecular formula is C22H35N3O2. The Bertz CT molecular complexity index is 626. The molecule has 1 saturated carbocycles. The van der Waals surface area contributed by atoms with E-state index < -0.39 is 0 Å². The van der Waals surface area contributed by atoms with Gasteiger partial charge < -0.3 is 10.1 Å². The molecule has 1 aliphatic heterocycles. The molecule has 1 saturated heterocycles. The smallest absolute Gasteiger partial charge is 0.234 e. The van der Waals surface area contributed by atoms with Crippen LogP contribution >= 0.6 is 0 Å². The van der Waals surface area contributed by atoms with E-state index in [0.29, 0.717) is 18.5 Å². The van der Waals surface area contributed by atoms with Crippen LogP contribution in [0.5, 0.6) is 5.75 Å². The van der Waals surface area contributed by atoms with Gasteiger partial charge in [-0.25, -0.2) is 0 Å². The molecule has 150 valence electrons. The number of amides is 1. The van der Waals surface area contributed by atoms with E-state index in [0.717, 1.165) is 44.9 Å². The molecule has 1 N–H and O–H groups in total. The predicted octanol–water partition coefficient (Wildman–Crippen LogP) is 2.82. The highest BCUT2D eigenvalue weighted by Gasteiger charge is 2.25. The van der Waals surface area contributed by atoms with Crippen LogP contribution in [0.25, 0.3) is 0 Å². The maximum absolute atomic E-state index is 12.4. The lowest BCUT2D eigenvalue weighted by molar-refractivity contribution is -0.124. The van der Waals surface area contributed by atoms with Gasteiger partial charge in [0.2, 0.25) is 5.91 Å². The molecule has 5 nitrogen and oxygen atoms in total. The van der Waals surface area contributed by atoms with Crippen molar-refractivity contribution in [3.8, 4) is 5.75 Å². The third kappa shape index (κ3) is 5.69. The molecule has 0 bridgehead atoms. The Morgan fingerprint density at radius 1 is 1.15 bits per heavy atom. The number of hydrogen-bond donors (Lipinski definition) is 1. The molecule has 0 radical (unpaired) electrons. The summed E-state index contributed by atoms with van der Waals surface area (Å²) in [5, 5.41) is 3.28. The quantitative estimate of drug-likeness (QED) is 0.833. The van der Waals surface area contributed by atoms with Crippen LogP contribution in [0.1, 0.15) is 43.7 Å². The molecule has 1 heterocycles. The lowest BCUT2D eigenvalue weighted by Crippen LogP contribution is -2.51. The molecule has 0 spiro atoms. The number of ether oxygens (including phenoxy) is 1. The Balaban J connectivity index is 1.43. The molecule has 0 aromatic heterocycles. The molecule has 0 unspecified atom stereocenters. The molecule has 2 fully saturated rings. The molecule has 3 rings (SSSR count). The number of nitrogens with one attached hydrogen (secondary N) is 1. The second-order valence-corrected chi connectivity index (χ2v) is 8.30. The van der Waals surface area contributed by atoms with Gasteiger partial charge in [-0.3, -0.25) is 14.6 Å². The van der Waals surface area contributed by atoms with E-state index in [9.17, 15) is 4.79 Å². The molecule has 2 atom stereocenters. The van der Waals surface area contributed by atoms with Gasteiger partial charge in [-0.15, -0.1) is 0 Å². The van der Waals surface area contributed by atoms with Crippen LogP contribution in [0.3, 0.4) is 0 Å². The summed E-state index contributed by atoms with van der Waals surface area (Å²) in [7, 11) is 1.73. The topological polar surface area (TPSA) is 44.8 Å². The molecule has 1 aromatic rings. The van der Waals surface area contributed by atoms with E-state index in [1.165, 1.54) is 30.4 Å². The number of carbonyl (C=O) groups is 1. The summed E-state index contributed by atoms with van der Waals surface area (Å²) in [5.41, 5.74) is 2.51. The summed E-state index contributed by atoms with van der Waals surface area (Å²) in [5.74, 6) is 1.77. The highest BCUT2D eigenvalue weighted by molar-refractivity contribution is 5.78. The lowest BCUT2D eigenvalue weighted by atomic mass is 9.86. The summed E-state index contributed by atoms with van der Waals surface area (Å²) in [6.45, 7) is 9.70. The Labute approximate surface area is 164 Å². The fourth-order valence-corrected chi connectivity index (χ4v) is 4.36. The maximum atomic E-state index is 12.4. The molecule has 2 aliphatic rings. The molecule has 27 heavy (non-hydrogen) atoms. The average Bonchev–Trinajstić information content (AvgIpc) is 2.65. The summed E-state index contributed by atoms with van der Waals surface area (Å²) >= 11 is 0. The monoisotopic (exact) mass is 373 g/mol. The molecule has 1 amide bonds. The average molecular weight is 374 g/mol. The predicted molar refractivity (Wildman–Crippen MR) is 109 cm³/mol. The number of carbonyl (C=O) groups excluding carboxylic acids is 1. The van der Waals surface area contributed by atoms with Crippen LogP contribution < -0.4 is 10.1 Å². The van der Waals surface area contributed by atoms with Crippen molar-refractivity contribution in [2.75, 3.05) is 39.8 Å². The van der Waals surface area contributed by atoms with Crippen molar-refractivity contribution in [2.45, 2.75) is 52.1 Å². The molecule has 5 heteroatoms. The summed E-state index contributed by atoms with van der Waals surface area (Å²) < 4.78 is 5.51. The standard InChI is InChI=1S/C22H35N3O2/c1-17-8-9-21(27-3)19(14-17)15-24-10-12-25(13-11-24)16-22(26)23-20-7-5-4-6-18(20)2/h8-9,14,18,20H,4-7,10-13,15-16H2,1-3H3,(H,23,26)/t18-,20+/m0/s1. The number of methoxy groups -OCH3 is 1. The summed E-state index contributed by atoms with van der Waals surface area (Å²) in [6, 6.07) is 6.73. The van der Waals surface area contributed by atoms with Gasteiger partial charge in [0.25, 0.3) is 0 Å². The molecule has 1 aliphatic carbocycles. The van der Waals surface area contributed by atoms with Gasteiger partial charge in [-0.2, -0.15) is 0 Å². The number of piperazine rings is 1. The van der Waals surface area contributed by atoms with E-state index in [1.807, 2.05) is 0 Å². The minimum absolute atomic E-state index is 0.197. The van der Waals surface area contributed by atoms with Gasteiger partial charge >= 0.3 is 0 Å². The zero-order valence-electron chi connectivity index (χ0n) is 17.2. The van der Waals surface area contributed by atoms with Crippen LogP contribution in [-0.2, 0) is 11.3 Å².